The van der Waals surface area contributed by atoms with Gasteiger partial charge in [-0.05, 0) is 31.4 Å². The molecule has 3 unspecified atom stereocenters. The van der Waals surface area contributed by atoms with Gasteiger partial charge in [-0.1, -0.05) is 6.92 Å². The van der Waals surface area contributed by atoms with Crippen molar-refractivity contribution in [3.8, 4) is 12.1 Å². The summed E-state index contributed by atoms with van der Waals surface area (Å²) in [5.41, 5.74) is -0.955. The van der Waals surface area contributed by atoms with E-state index in [1.54, 1.807) is 6.92 Å². The molecule has 1 aromatic carbocycles. The van der Waals surface area contributed by atoms with Gasteiger partial charge >= 0.3 is 6.03 Å². The zero-order valence-corrected chi connectivity index (χ0v) is 17.7. The van der Waals surface area contributed by atoms with Gasteiger partial charge in [0, 0.05) is 18.6 Å². The molecule has 164 valence electrons. The number of nitrogens with one attached hydrogen (secondary N) is 3. The van der Waals surface area contributed by atoms with Crippen LogP contribution in [0.25, 0.3) is 0 Å². The molecule has 1 aromatic rings. The van der Waals surface area contributed by atoms with Crippen LogP contribution in [0.1, 0.15) is 25.8 Å². The van der Waals surface area contributed by atoms with Crippen molar-refractivity contribution in [2.45, 2.75) is 37.2 Å². The second kappa shape index (κ2) is 8.49. The maximum Gasteiger partial charge on any atom is 0.336 e. The number of carbonyl (C=O) groups is 2. The highest BCUT2D eigenvalue weighted by atomic mass is 32.2. The van der Waals surface area contributed by atoms with Gasteiger partial charge in [-0.3, -0.25) is 4.79 Å². The highest BCUT2D eigenvalue weighted by molar-refractivity contribution is 7.90. The summed E-state index contributed by atoms with van der Waals surface area (Å²) in [6.07, 6.45) is 0.663. The van der Waals surface area contributed by atoms with Gasteiger partial charge in [0.25, 0.3) is 10.0 Å². The molecule has 1 saturated heterocycles. The summed E-state index contributed by atoms with van der Waals surface area (Å²) in [5, 5.41) is 26.4. The maximum atomic E-state index is 14.0. The number of hydrogen-bond donors (Lipinski definition) is 3. The summed E-state index contributed by atoms with van der Waals surface area (Å²) in [6, 6.07) is 4.01. The number of hydrogen-bond acceptors (Lipinski definition) is 7. The van der Waals surface area contributed by atoms with E-state index < -0.39 is 50.8 Å². The van der Waals surface area contributed by atoms with E-state index >= 15 is 0 Å². The van der Waals surface area contributed by atoms with Crippen LogP contribution in [0.15, 0.2) is 17.0 Å². The highest BCUT2D eigenvalue weighted by Crippen LogP contribution is 2.34. The van der Waals surface area contributed by atoms with Gasteiger partial charge in [0.1, 0.15) is 28.9 Å². The van der Waals surface area contributed by atoms with Gasteiger partial charge in [-0.25, -0.2) is 21.9 Å². The quantitative estimate of drug-likeness (QED) is 0.617. The smallest absolute Gasteiger partial charge is 0.336 e. The minimum atomic E-state index is -4.63. The van der Waals surface area contributed by atoms with Crippen LogP contribution >= 0.6 is 0 Å². The average Bonchev–Trinajstić information content (AvgIpc) is 2.71. The van der Waals surface area contributed by atoms with Crippen molar-refractivity contribution in [2.24, 2.45) is 11.8 Å². The number of carbonyl (C=O) groups excluding carboxylic acids is 2. The average molecular weight is 448 g/mol. The monoisotopic (exact) mass is 448 g/mol. The van der Waals surface area contributed by atoms with Crippen LogP contribution in [-0.4, -0.2) is 49.8 Å². The Balaban J connectivity index is 1.76. The van der Waals surface area contributed by atoms with E-state index in [-0.39, 0.29) is 27.9 Å². The lowest BCUT2D eigenvalue weighted by Gasteiger charge is -2.37. The van der Waals surface area contributed by atoms with Gasteiger partial charge in [0.15, 0.2) is 0 Å². The molecule has 0 aromatic heterocycles. The van der Waals surface area contributed by atoms with Crippen LogP contribution < -0.4 is 16.0 Å². The third-order valence-corrected chi connectivity index (χ3v) is 7.32. The molecule has 12 heteroatoms. The number of urea groups is 1. The molecule has 31 heavy (non-hydrogen) atoms. The number of halogens is 1. The maximum absolute atomic E-state index is 14.0. The Labute approximate surface area is 179 Å². The number of rotatable bonds is 4. The number of nitriles is 2. The molecule has 1 fully saturated rings. The van der Waals surface area contributed by atoms with Crippen LogP contribution in [0.5, 0.6) is 0 Å². The standard InChI is InChI=1S/C19H21FN6O4S/c1-10-5-12(6-21)8-23-17(10)11(2)24-16(27)9-26-19(28)25-15-4-3-14(20)13(7-22)18(15)31(26,29)30/h3-4,10-12,17,23H,5,8-9H2,1-2H3,(H,24,27)(H,25,28)/t10?,11-,12?,17?/m1/s1. The number of fused-ring (bicyclic) bond motifs is 1. The minimum absolute atomic E-state index is 0.0868. The summed E-state index contributed by atoms with van der Waals surface area (Å²) in [4.78, 5) is 24.2. The second-order valence-corrected chi connectivity index (χ2v) is 9.48. The summed E-state index contributed by atoms with van der Waals surface area (Å²) in [5.74, 6) is -1.82. The molecule has 0 saturated carbocycles. The predicted octanol–water partition coefficient (Wildman–Crippen LogP) is 0.876. The molecule has 3 N–H and O–H groups in total. The second-order valence-electron chi connectivity index (χ2n) is 7.68. The van der Waals surface area contributed by atoms with Crippen LogP contribution in [0.4, 0.5) is 14.9 Å². The Bertz CT molecular complexity index is 1110. The first kappa shape index (κ1) is 22.5. The molecular formula is C19H21FN6O4S. The van der Waals surface area contributed by atoms with E-state index in [1.165, 1.54) is 6.07 Å². The lowest BCUT2D eigenvalue weighted by molar-refractivity contribution is -0.121. The van der Waals surface area contributed by atoms with E-state index in [4.69, 9.17) is 5.26 Å². The molecule has 0 aliphatic carbocycles. The Morgan fingerprint density at radius 3 is 2.74 bits per heavy atom. The number of nitrogens with zero attached hydrogens (tertiary/aromatic N) is 3. The van der Waals surface area contributed by atoms with Crippen molar-refractivity contribution >= 4 is 27.6 Å². The van der Waals surface area contributed by atoms with Crippen molar-refractivity contribution in [3.63, 3.8) is 0 Å². The van der Waals surface area contributed by atoms with Crippen LogP contribution in [0.2, 0.25) is 0 Å². The summed E-state index contributed by atoms with van der Waals surface area (Å²) < 4.78 is 40.1. The van der Waals surface area contributed by atoms with Crippen molar-refractivity contribution < 1.29 is 22.4 Å². The Hall–Kier alpha value is -3.22. The van der Waals surface area contributed by atoms with E-state index in [2.05, 4.69) is 22.0 Å². The molecule has 4 atom stereocenters. The summed E-state index contributed by atoms with van der Waals surface area (Å²) in [6.45, 7) is 3.33. The van der Waals surface area contributed by atoms with Crippen LogP contribution in [0, 0.1) is 40.3 Å². The molecule has 3 rings (SSSR count). The van der Waals surface area contributed by atoms with Gasteiger partial charge in [0.05, 0.1) is 17.7 Å². The molecule has 0 radical (unpaired) electrons. The zero-order chi connectivity index (χ0) is 22.9. The fourth-order valence-corrected chi connectivity index (χ4v) is 5.60. The van der Waals surface area contributed by atoms with Gasteiger partial charge < -0.3 is 16.0 Å². The first-order chi connectivity index (χ1) is 14.6. The van der Waals surface area contributed by atoms with Crippen molar-refractivity contribution in [3.05, 3.63) is 23.5 Å². The Morgan fingerprint density at radius 2 is 2.13 bits per heavy atom. The van der Waals surface area contributed by atoms with E-state index in [1.807, 2.05) is 6.92 Å². The van der Waals surface area contributed by atoms with Gasteiger partial charge in [-0.15, -0.1) is 0 Å². The lowest BCUT2D eigenvalue weighted by Crippen LogP contribution is -2.57. The van der Waals surface area contributed by atoms with Crippen molar-refractivity contribution in [2.75, 3.05) is 18.4 Å². The molecule has 10 nitrogen and oxygen atoms in total. The van der Waals surface area contributed by atoms with Crippen LogP contribution in [-0.2, 0) is 14.8 Å². The highest BCUT2D eigenvalue weighted by Gasteiger charge is 2.41. The first-order valence-corrected chi connectivity index (χ1v) is 11.0. The Morgan fingerprint density at radius 1 is 1.42 bits per heavy atom. The SMILES string of the molecule is CC1CC(C#N)CNC1[C@@H](C)NC(=O)CN1C(=O)Nc2ccc(F)c(C#N)c2S1(=O)=O. The van der Waals surface area contributed by atoms with E-state index in [9.17, 15) is 27.7 Å². The number of sulfonamides is 1. The number of benzene rings is 1. The van der Waals surface area contributed by atoms with Crippen LogP contribution in [0.3, 0.4) is 0 Å². The molecule has 3 amide bonds. The third kappa shape index (κ3) is 4.17. The van der Waals surface area contributed by atoms with Crippen molar-refractivity contribution in [1.82, 2.24) is 14.9 Å². The number of anilines is 1. The largest absolute Gasteiger partial charge is 0.350 e. The van der Waals surface area contributed by atoms with Gasteiger partial charge in [-0.2, -0.15) is 10.5 Å². The molecule has 0 bridgehead atoms. The molecular weight excluding hydrogens is 427 g/mol. The molecule has 2 aliphatic rings. The van der Waals surface area contributed by atoms with Crippen molar-refractivity contribution in [1.29, 1.82) is 10.5 Å². The number of amides is 3. The fraction of sp³-hybridized carbons (Fsp3) is 0.474. The summed E-state index contributed by atoms with van der Waals surface area (Å²) >= 11 is 0. The van der Waals surface area contributed by atoms with E-state index in [0.29, 0.717) is 13.0 Å². The minimum Gasteiger partial charge on any atom is -0.350 e. The normalized spacial score (nSPS) is 25.4. The van der Waals surface area contributed by atoms with E-state index in [0.717, 1.165) is 12.1 Å². The molecule has 0 spiro atoms. The zero-order valence-electron chi connectivity index (χ0n) is 16.8. The first-order valence-electron chi connectivity index (χ1n) is 9.58. The third-order valence-electron chi connectivity index (χ3n) is 5.50. The number of piperidine rings is 1. The summed E-state index contributed by atoms with van der Waals surface area (Å²) in [7, 11) is -4.63. The van der Waals surface area contributed by atoms with Gasteiger partial charge in [0.2, 0.25) is 5.91 Å². The fourth-order valence-electron chi connectivity index (χ4n) is 4.03. The predicted molar refractivity (Wildman–Crippen MR) is 106 cm³/mol. The lowest BCUT2D eigenvalue weighted by atomic mass is 9.83. The molecule has 2 heterocycles. The topological polar surface area (TPSA) is 155 Å². The molecule has 2 aliphatic heterocycles. The Kier molecular flexibility index (Phi) is 6.15.